The molecule has 28 heavy (non-hydrogen) atoms. The third-order valence-corrected chi connectivity index (χ3v) is 6.00. The maximum Gasteiger partial charge on any atom is 0.261 e. The largest absolute Gasteiger partial charge is 0.496 e. The van der Waals surface area contributed by atoms with Crippen molar-refractivity contribution in [3.05, 3.63) is 40.7 Å². The topological polar surface area (TPSA) is 56.1 Å². The standard InChI is InChI=1S/C22H29N3O2S/c1-14(2)9-10-23-20-8-7-15-11-18(27-6)16(12-17(15)24-20)19-13-21(26)25(28-19)22(3,4)5/h7-8,11-14H,9-10H2,1-6H3,(H,23,24). The predicted octanol–water partition coefficient (Wildman–Crippen LogP) is 5.35. The van der Waals surface area contributed by atoms with E-state index in [0.717, 1.165) is 45.9 Å². The molecule has 0 amide bonds. The molecule has 0 radical (unpaired) electrons. The predicted molar refractivity (Wildman–Crippen MR) is 119 cm³/mol. The number of fused-ring (bicyclic) bond motifs is 1. The lowest BCUT2D eigenvalue weighted by Gasteiger charge is -2.18. The van der Waals surface area contributed by atoms with Gasteiger partial charge in [-0.1, -0.05) is 25.4 Å². The minimum Gasteiger partial charge on any atom is -0.496 e. The second kappa shape index (κ2) is 7.95. The molecule has 0 saturated heterocycles. The summed E-state index contributed by atoms with van der Waals surface area (Å²) in [5.74, 6) is 2.26. The Hall–Kier alpha value is -2.34. The zero-order valence-corrected chi connectivity index (χ0v) is 18.3. The highest BCUT2D eigenvalue weighted by atomic mass is 32.1. The van der Waals surface area contributed by atoms with Crippen molar-refractivity contribution in [3.8, 4) is 16.2 Å². The van der Waals surface area contributed by atoms with E-state index in [9.17, 15) is 4.79 Å². The average Bonchev–Trinajstić information content (AvgIpc) is 3.02. The molecule has 0 bridgehead atoms. The fourth-order valence-electron chi connectivity index (χ4n) is 3.03. The van der Waals surface area contributed by atoms with Gasteiger partial charge in [-0.3, -0.25) is 8.75 Å². The number of anilines is 1. The molecule has 0 unspecified atom stereocenters. The molecule has 0 aliphatic heterocycles. The van der Waals surface area contributed by atoms with Gasteiger partial charge in [0, 0.05) is 23.6 Å². The summed E-state index contributed by atoms with van der Waals surface area (Å²) in [6.07, 6.45) is 1.10. The van der Waals surface area contributed by atoms with Crippen molar-refractivity contribution in [1.82, 2.24) is 8.94 Å². The summed E-state index contributed by atoms with van der Waals surface area (Å²) in [5.41, 5.74) is 1.53. The fraction of sp³-hybridized carbons (Fsp3) is 0.455. The number of nitrogens with zero attached hydrogens (tertiary/aromatic N) is 2. The van der Waals surface area contributed by atoms with E-state index < -0.39 is 0 Å². The molecule has 1 N–H and O–H groups in total. The molecule has 6 heteroatoms. The van der Waals surface area contributed by atoms with Gasteiger partial charge in [-0.25, -0.2) is 4.98 Å². The van der Waals surface area contributed by atoms with Gasteiger partial charge >= 0.3 is 0 Å². The molecule has 0 spiro atoms. The van der Waals surface area contributed by atoms with E-state index in [1.807, 2.05) is 39.0 Å². The second-order valence-electron chi connectivity index (χ2n) is 8.45. The van der Waals surface area contributed by atoms with Crippen LogP contribution in [0.15, 0.2) is 35.1 Å². The van der Waals surface area contributed by atoms with Gasteiger partial charge in [0.2, 0.25) is 0 Å². The lowest BCUT2D eigenvalue weighted by atomic mass is 10.1. The highest BCUT2D eigenvalue weighted by molar-refractivity contribution is 7.10. The Morgan fingerprint density at radius 1 is 1.21 bits per heavy atom. The van der Waals surface area contributed by atoms with Gasteiger partial charge < -0.3 is 10.1 Å². The molecule has 3 rings (SSSR count). The number of hydrogen-bond acceptors (Lipinski definition) is 5. The van der Waals surface area contributed by atoms with E-state index in [0.29, 0.717) is 5.92 Å². The van der Waals surface area contributed by atoms with Crippen LogP contribution in [-0.4, -0.2) is 22.6 Å². The molecule has 0 aliphatic carbocycles. The van der Waals surface area contributed by atoms with Crippen LogP contribution in [0, 0.1) is 5.92 Å². The van der Waals surface area contributed by atoms with E-state index in [1.54, 1.807) is 17.1 Å². The van der Waals surface area contributed by atoms with Crippen LogP contribution in [0.3, 0.4) is 0 Å². The van der Waals surface area contributed by atoms with Crippen molar-refractivity contribution in [3.63, 3.8) is 0 Å². The van der Waals surface area contributed by atoms with Gasteiger partial charge in [0.15, 0.2) is 0 Å². The zero-order chi connectivity index (χ0) is 20.5. The van der Waals surface area contributed by atoms with Crippen molar-refractivity contribution in [2.75, 3.05) is 19.0 Å². The van der Waals surface area contributed by atoms with E-state index in [1.165, 1.54) is 11.5 Å². The zero-order valence-electron chi connectivity index (χ0n) is 17.5. The lowest BCUT2D eigenvalue weighted by molar-refractivity contribution is 0.417. The molecule has 0 fully saturated rings. The van der Waals surface area contributed by atoms with Crippen LogP contribution in [0.25, 0.3) is 21.3 Å². The third kappa shape index (κ3) is 4.38. The van der Waals surface area contributed by atoms with Crippen molar-refractivity contribution in [2.24, 2.45) is 5.92 Å². The van der Waals surface area contributed by atoms with Crippen molar-refractivity contribution < 1.29 is 4.74 Å². The molecule has 0 aliphatic rings. The van der Waals surface area contributed by atoms with Gasteiger partial charge in [-0.2, -0.15) is 0 Å². The van der Waals surface area contributed by atoms with Crippen molar-refractivity contribution in [2.45, 2.75) is 46.6 Å². The summed E-state index contributed by atoms with van der Waals surface area (Å²) in [5, 5.41) is 4.41. The average molecular weight is 400 g/mol. The monoisotopic (exact) mass is 399 g/mol. The fourth-order valence-corrected chi connectivity index (χ4v) is 4.06. The number of pyridine rings is 1. The first-order valence-corrected chi connectivity index (χ1v) is 10.4. The van der Waals surface area contributed by atoms with Gasteiger partial charge in [0.25, 0.3) is 5.56 Å². The first kappa shape index (κ1) is 20.4. The van der Waals surface area contributed by atoms with Gasteiger partial charge in [0.1, 0.15) is 11.6 Å². The summed E-state index contributed by atoms with van der Waals surface area (Å²) in [7, 11) is 1.66. The number of hydrogen-bond donors (Lipinski definition) is 1. The molecule has 5 nitrogen and oxygen atoms in total. The van der Waals surface area contributed by atoms with E-state index in [2.05, 4.69) is 25.2 Å². The lowest BCUT2D eigenvalue weighted by Crippen LogP contribution is -2.28. The third-order valence-electron chi connectivity index (χ3n) is 4.56. The van der Waals surface area contributed by atoms with Crippen LogP contribution in [0.1, 0.15) is 41.0 Å². The van der Waals surface area contributed by atoms with Crippen LogP contribution >= 0.6 is 11.5 Å². The summed E-state index contributed by atoms with van der Waals surface area (Å²) in [4.78, 5) is 18.1. The number of methoxy groups -OCH3 is 1. The molecule has 2 aromatic heterocycles. The van der Waals surface area contributed by atoms with Gasteiger partial charge in [0.05, 0.1) is 23.0 Å². The number of aromatic nitrogens is 2. The minimum absolute atomic E-state index is 0.00621. The molecule has 1 aromatic carbocycles. The number of nitrogens with one attached hydrogen (secondary N) is 1. The Morgan fingerprint density at radius 3 is 2.57 bits per heavy atom. The molecule has 3 aromatic rings. The van der Waals surface area contributed by atoms with Crippen LogP contribution in [-0.2, 0) is 5.54 Å². The maximum absolute atomic E-state index is 12.5. The van der Waals surface area contributed by atoms with Crippen LogP contribution in [0.2, 0.25) is 0 Å². The maximum atomic E-state index is 12.5. The highest BCUT2D eigenvalue weighted by Gasteiger charge is 2.20. The number of rotatable bonds is 6. The first-order valence-electron chi connectivity index (χ1n) is 9.66. The summed E-state index contributed by atoms with van der Waals surface area (Å²) >= 11 is 1.46. The Balaban J connectivity index is 2.03. The number of ether oxygens (including phenoxy) is 1. The smallest absolute Gasteiger partial charge is 0.261 e. The SMILES string of the molecule is COc1cc2ccc(NCCC(C)C)nc2cc1-c1cc(=O)n(C(C)(C)C)s1. The summed E-state index contributed by atoms with van der Waals surface area (Å²) in [6, 6.07) is 9.73. The molecular formula is C22H29N3O2S. The summed E-state index contributed by atoms with van der Waals surface area (Å²) in [6.45, 7) is 11.4. The second-order valence-corrected chi connectivity index (χ2v) is 9.44. The highest BCUT2D eigenvalue weighted by Crippen LogP contribution is 2.36. The molecule has 2 heterocycles. The Bertz CT molecular complexity index is 1030. The van der Waals surface area contributed by atoms with Crippen LogP contribution in [0.5, 0.6) is 5.75 Å². The Labute approximate surface area is 170 Å². The van der Waals surface area contributed by atoms with Gasteiger partial charge in [-0.15, -0.1) is 0 Å². The Morgan fingerprint density at radius 2 is 1.96 bits per heavy atom. The molecule has 0 atom stereocenters. The number of benzene rings is 1. The van der Waals surface area contributed by atoms with E-state index >= 15 is 0 Å². The van der Waals surface area contributed by atoms with E-state index in [4.69, 9.17) is 9.72 Å². The minimum atomic E-state index is -0.254. The van der Waals surface area contributed by atoms with Crippen molar-refractivity contribution >= 4 is 28.3 Å². The molecule has 0 saturated carbocycles. The van der Waals surface area contributed by atoms with E-state index in [-0.39, 0.29) is 11.1 Å². The molecular weight excluding hydrogens is 370 g/mol. The van der Waals surface area contributed by atoms with Gasteiger partial charge in [-0.05, 0) is 57.4 Å². The normalized spacial score (nSPS) is 12.0. The molecule has 150 valence electrons. The Kier molecular flexibility index (Phi) is 5.79. The quantitative estimate of drug-likeness (QED) is 0.607. The van der Waals surface area contributed by atoms with Crippen LogP contribution in [0.4, 0.5) is 5.82 Å². The van der Waals surface area contributed by atoms with Crippen LogP contribution < -0.4 is 15.6 Å². The first-order chi connectivity index (χ1) is 13.2. The summed E-state index contributed by atoms with van der Waals surface area (Å²) < 4.78 is 7.41. The van der Waals surface area contributed by atoms with Crippen molar-refractivity contribution in [1.29, 1.82) is 0 Å².